The number of hydrogen-bond acceptors (Lipinski definition) is 2. The Balaban J connectivity index is 2.05. The molecule has 0 N–H and O–H groups in total. The first-order valence-corrected chi connectivity index (χ1v) is 5.18. The minimum absolute atomic E-state index is 1.05. The zero-order chi connectivity index (χ0) is 10.3. The molecule has 1 aliphatic rings. The Bertz CT molecular complexity index is 473. The number of hydrogen-bond donors (Lipinski definition) is 0. The molecule has 0 amide bonds. The third-order valence-electron chi connectivity index (χ3n) is 2.84. The van der Waals surface area contributed by atoms with Gasteiger partial charge in [-0.05, 0) is 0 Å². The molecule has 0 atom stereocenters. The summed E-state index contributed by atoms with van der Waals surface area (Å²) in [6.45, 7) is 2.11. The molecule has 0 unspecified atom stereocenters. The number of likely N-dealkylation sites (N-methyl/N-ethyl adjacent to an activating group) is 1. The van der Waals surface area contributed by atoms with Crippen molar-refractivity contribution in [1.82, 2.24) is 9.55 Å². The number of benzene rings is 1. The van der Waals surface area contributed by atoms with Crippen LogP contribution in [0.15, 0.2) is 36.5 Å². The number of anilines is 1. The van der Waals surface area contributed by atoms with Gasteiger partial charge in [-0.1, -0.05) is 30.3 Å². The molecule has 2 heterocycles. The highest BCUT2D eigenvalue weighted by Gasteiger charge is 2.18. The average molecular weight is 199 g/mol. The van der Waals surface area contributed by atoms with Gasteiger partial charge in [0.15, 0.2) is 0 Å². The SMILES string of the molecule is CN1CCn2cc(-c3ccccc3)nc21. The van der Waals surface area contributed by atoms with E-state index in [1.54, 1.807) is 0 Å². The van der Waals surface area contributed by atoms with Crippen LogP contribution in [0.5, 0.6) is 0 Å². The molecule has 0 saturated heterocycles. The van der Waals surface area contributed by atoms with Gasteiger partial charge in [0.25, 0.3) is 0 Å². The Labute approximate surface area is 89.0 Å². The van der Waals surface area contributed by atoms with E-state index in [1.165, 1.54) is 5.56 Å². The summed E-state index contributed by atoms with van der Waals surface area (Å²) in [6, 6.07) is 10.3. The lowest BCUT2D eigenvalue weighted by Gasteiger charge is -2.05. The summed E-state index contributed by atoms with van der Waals surface area (Å²) < 4.78 is 2.21. The van der Waals surface area contributed by atoms with Crippen LogP contribution >= 0.6 is 0 Å². The van der Waals surface area contributed by atoms with Crippen molar-refractivity contribution >= 4 is 5.95 Å². The summed E-state index contributed by atoms with van der Waals surface area (Å²) in [6.07, 6.45) is 2.13. The Morgan fingerprint density at radius 3 is 2.67 bits per heavy atom. The molecule has 3 nitrogen and oxygen atoms in total. The summed E-state index contributed by atoms with van der Waals surface area (Å²) in [4.78, 5) is 6.82. The van der Waals surface area contributed by atoms with Crippen molar-refractivity contribution in [2.75, 3.05) is 18.5 Å². The third-order valence-corrected chi connectivity index (χ3v) is 2.84. The number of fused-ring (bicyclic) bond motifs is 1. The van der Waals surface area contributed by atoms with Gasteiger partial charge in [0.05, 0.1) is 5.69 Å². The minimum Gasteiger partial charge on any atom is -0.344 e. The maximum atomic E-state index is 4.63. The van der Waals surface area contributed by atoms with Crippen LogP contribution in [0, 0.1) is 0 Å². The van der Waals surface area contributed by atoms with E-state index in [4.69, 9.17) is 0 Å². The van der Waals surface area contributed by atoms with Gasteiger partial charge in [-0.15, -0.1) is 0 Å². The van der Waals surface area contributed by atoms with Gasteiger partial charge in [-0.25, -0.2) is 4.98 Å². The fraction of sp³-hybridized carbons (Fsp3) is 0.250. The van der Waals surface area contributed by atoms with Crippen molar-refractivity contribution in [3.05, 3.63) is 36.5 Å². The van der Waals surface area contributed by atoms with Crippen LogP contribution in [0.25, 0.3) is 11.3 Å². The molecule has 1 aromatic heterocycles. The van der Waals surface area contributed by atoms with Gasteiger partial charge in [0, 0.05) is 31.9 Å². The van der Waals surface area contributed by atoms with Crippen molar-refractivity contribution in [3.63, 3.8) is 0 Å². The maximum Gasteiger partial charge on any atom is 0.205 e. The van der Waals surface area contributed by atoms with Gasteiger partial charge in [0.2, 0.25) is 5.95 Å². The second-order valence-corrected chi connectivity index (χ2v) is 3.91. The topological polar surface area (TPSA) is 21.1 Å². The second-order valence-electron chi connectivity index (χ2n) is 3.91. The fourth-order valence-corrected chi connectivity index (χ4v) is 1.98. The van der Waals surface area contributed by atoms with E-state index in [0.717, 1.165) is 24.7 Å². The maximum absolute atomic E-state index is 4.63. The van der Waals surface area contributed by atoms with Crippen LogP contribution in [0.3, 0.4) is 0 Å². The first-order chi connectivity index (χ1) is 7.34. The molecular formula is C12H13N3. The molecule has 3 rings (SSSR count). The number of aromatic nitrogens is 2. The van der Waals surface area contributed by atoms with E-state index in [1.807, 2.05) is 18.2 Å². The van der Waals surface area contributed by atoms with Crippen molar-refractivity contribution in [1.29, 1.82) is 0 Å². The lowest BCUT2D eigenvalue weighted by molar-refractivity contribution is 0.795. The molecule has 1 aromatic carbocycles. The summed E-state index contributed by atoms with van der Waals surface area (Å²) in [7, 11) is 2.08. The van der Waals surface area contributed by atoms with Crippen molar-refractivity contribution in [2.45, 2.75) is 6.54 Å². The summed E-state index contributed by atoms with van der Waals surface area (Å²) in [5.41, 5.74) is 2.25. The van der Waals surface area contributed by atoms with Crippen molar-refractivity contribution in [2.24, 2.45) is 0 Å². The minimum atomic E-state index is 1.05. The van der Waals surface area contributed by atoms with Crippen LogP contribution in [0.1, 0.15) is 0 Å². The predicted molar refractivity (Wildman–Crippen MR) is 60.9 cm³/mol. The highest BCUT2D eigenvalue weighted by atomic mass is 15.3. The van der Waals surface area contributed by atoms with E-state index < -0.39 is 0 Å². The zero-order valence-electron chi connectivity index (χ0n) is 8.72. The van der Waals surface area contributed by atoms with E-state index in [0.29, 0.717) is 0 Å². The van der Waals surface area contributed by atoms with Crippen molar-refractivity contribution in [3.8, 4) is 11.3 Å². The van der Waals surface area contributed by atoms with E-state index in [-0.39, 0.29) is 0 Å². The number of rotatable bonds is 1. The van der Waals surface area contributed by atoms with Gasteiger partial charge in [0.1, 0.15) is 0 Å². The van der Waals surface area contributed by atoms with E-state index in [9.17, 15) is 0 Å². The van der Waals surface area contributed by atoms with Gasteiger partial charge < -0.3 is 9.47 Å². The summed E-state index contributed by atoms with van der Waals surface area (Å²) >= 11 is 0. The molecule has 0 radical (unpaired) electrons. The quantitative estimate of drug-likeness (QED) is 0.700. The predicted octanol–water partition coefficient (Wildman–Crippen LogP) is 2.00. The Kier molecular flexibility index (Phi) is 1.78. The van der Waals surface area contributed by atoms with E-state index >= 15 is 0 Å². The van der Waals surface area contributed by atoms with Gasteiger partial charge >= 0.3 is 0 Å². The monoisotopic (exact) mass is 199 g/mol. The normalized spacial score (nSPS) is 14.3. The first kappa shape index (κ1) is 8.53. The van der Waals surface area contributed by atoms with Crippen LogP contribution < -0.4 is 4.90 Å². The molecule has 0 spiro atoms. The Hall–Kier alpha value is -1.77. The summed E-state index contributed by atoms with van der Waals surface area (Å²) in [5, 5.41) is 0. The van der Waals surface area contributed by atoms with Crippen LogP contribution in [-0.4, -0.2) is 23.1 Å². The molecule has 0 aliphatic carbocycles. The third kappa shape index (κ3) is 1.31. The molecule has 0 bridgehead atoms. The Morgan fingerprint density at radius 1 is 1.13 bits per heavy atom. The highest BCUT2D eigenvalue weighted by Crippen LogP contribution is 2.25. The molecule has 0 saturated carbocycles. The second kappa shape index (κ2) is 3.12. The standard InChI is InChI=1S/C12H13N3/c1-14-7-8-15-9-11(13-12(14)15)10-5-3-2-4-6-10/h2-6,9H,7-8H2,1H3. The molecule has 15 heavy (non-hydrogen) atoms. The van der Waals surface area contributed by atoms with Crippen LogP contribution in [0.4, 0.5) is 5.95 Å². The average Bonchev–Trinajstić information content (AvgIpc) is 2.83. The number of imidazole rings is 1. The highest BCUT2D eigenvalue weighted by molar-refractivity contribution is 5.61. The van der Waals surface area contributed by atoms with E-state index in [2.05, 4.69) is 39.8 Å². The van der Waals surface area contributed by atoms with Gasteiger partial charge in [-0.3, -0.25) is 0 Å². The molecule has 1 aliphatic heterocycles. The fourth-order valence-electron chi connectivity index (χ4n) is 1.98. The first-order valence-electron chi connectivity index (χ1n) is 5.18. The molecule has 76 valence electrons. The van der Waals surface area contributed by atoms with Gasteiger partial charge in [-0.2, -0.15) is 0 Å². The lowest BCUT2D eigenvalue weighted by atomic mass is 10.2. The van der Waals surface area contributed by atoms with Crippen LogP contribution in [0.2, 0.25) is 0 Å². The zero-order valence-corrected chi connectivity index (χ0v) is 8.72. The number of nitrogens with zero attached hydrogens (tertiary/aromatic N) is 3. The molecule has 3 heteroatoms. The molecular weight excluding hydrogens is 186 g/mol. The molecule has 2 aromatic rings. The Morgan fingerprint density at radius 2 is 1.93 bits per heavy atom. The smallest absolute Gasteiger partial charge is 0.205 e. The lowest BCUT2D eigenvalue weighted by Crippen LogP contribution is -2.13. The van der Waals surface area contributed by atoms with Crippen molar-refractivity contribution < 1.29 is 0 Å². The largest absolute Gasteiger partial charge is 0.344 e. The summed E-state index contributed by atoms with van der Waals surface area (Å²) in [5.74, 6) is 1.08. The van der Waals surface area contributed by atoms with Crippen LogP contribution in [-0.2, 0) is 6.54 Å². The molecule has 0 fully saturated rings.